The monoisotopic (exact) mass is 411 g/mol. The van der Waals surface area contributed by atoms with Crippen molar-refractivity contribution in [2.24, 2.45) is 5.16 Å². The first-order valence-electron chi connectivity index (χ1n) is 12.6. The predicted molar refractivity (Wildman–Crippen MR) is 125 cm³/mol. The number of rotatable bonds is 24. The molecule has 0 aromatic heterocycles. The summed E-state index contributed by atoms with van der Waals surface area (Å²) in [6.07, 6.45) is 27.5. The molecule has 0 unspecified atom stereocenters. The van der Waals surface area contributed by atoms with Crippen LogP contribution in [0.15, 0.2) is 5.16 Å². The molecule has 0 aromatic rings. The molecular weight excluding hydrogens is 362 g/mol. The summed E-state index contributed by atoms with van der Waals surface area (Å²) in [6.45, 7) is 3.01. The number of aliphatic carboxylic acids is 1. The van der Waals surface area contributed by atoms with Gasteiger partial charge >= 0.3 is 5.97 Å². The highest BCUT2D eigenvalue weighted by molar-refractivity contribution is 5.66. The molecule has 0 amide bonds. The topological polar surface area (TPSA) is 58.9 Å². The van der Waals surface area contributed by atoms with Crippen LogP contribution in [-0.4, -0.2) is 23.9 Å². The number of oxime groups is 1. The summed E-state index contributed by atoms with van der Waals surface area (Å²) in [6, 6.07) is 0. The molecule has 0 bridgehead atoms. The first kappa shape index (κ1) is 27.9. The van der Waals surface area contributed by atoms with Crippen molar-refractivity contribution in [2.45, 2.75) is 142 Å². The van der Waals surface area contributed by atoms with E-state index in [2.05, 4.69) is 12.1 Å². The van der Waals surface area contributed by atoms with Gasteiger partial charge in [-0.3, -0.25) is 4.79 Å². The number of carboxylic acid groups (broad SMARTS) is 1. The minimum Gasteiger partial charge on any atom is -0.481 e. The first-order chi connectivity index (χ1) is 14.3. The summed E-state index contributed by atoms with van der Waals surface area (Å²) in [4.78, 5) is 15.7. The van der Waals surface area contributed by atoms with Gasteiger partial charge in [0.1, 0.15) is 6.61 Å². The summed E-state index contributed by atoms with van der Waals surface area (Å²) in [5, 5.41) is 12.6. The maximum absolute atomic E-state index is 10.4. The van der Waals surface area contributed by atoms with Gasteiger partial charge in [-0.05, 0) is 32.1 Å². The standard InChI is InChI=1S/C25H49NO3/c1-2-3-4-18-21-24-29-26-23-20-17-15-13-11-9-7-5-6-8-10-12-14-16-19-22-25(27)28/h23H,2-22,24H2,1H3,(H,27,28). The molecule has 0 aliphatic heterocycles. The van der Waals surface area contributed by atoms with Crippen LogP contribution in [-0.2, 0) is 9.63 Å². The fraction of sp³-hybridized carbons (Fsp3) is 0.920. The Kier molecular flexibility index (Phi) is 24.1. The van der Waals surface area contributed by atoms with E-state index in [9.17, 15) is 4.79 Å². The van der Waals surface area contributed by atoms with Crippen LogP contribution in [0.4, 0.5) is 0 Å². The van der Waals surface area contributed by atoms with Crippen LogP contribution >= 0.6 is 0 Å². The average molecular weight is 412 g/mol. The van der Waals surface area contributed by atoms with Crippen molar-refractivity contribution in [3.05, 3.63) is 0 Å². The van der Waals surface area contributed by atoms with Gasteiger partial charge in [0, 0.05) is 12.6 Å². The summed E-state index contributed by atoms with van der Waals surface area (Å²) in [5.74, 6) is -0.660. The molecule has 0 aliphatic rings. The fourth-order valence-electron chi connectivity index (χ4n) is 3.56. The van der Waals surface area contributed by atoms with Crippen LogP contribution < -0.4 is 0 Å². The first-order valence-corrected chi connectivity index (χ1v) is 12.6. The smallest absolute Gasteiger partial charge is 0.303 e. The molecule has 0 saturated carbocycles. The second-order valence-corrected chi connectivity index (χ2v) is 8.42. The van der Waals surface area contributed by atoms with Crippen molar-refractivity contribution in [1.82, 2.24) is 0 Å². The third kappa shape index (κ3) is 26.9. The number of hydrogen-bond acceptors (Lipinski definition) is 3. The van der Waals surface area contributed by atoms with E-state index < -0.39 is 5.97 Å². The Balaban J connectivity index is 3.06. The molecular formula is C25H49NO3. The predicted octanol–water partition coefficient (Wildman–Crippen LogP) is 8.29. The van der Waals surface area contributed by atoms with Crippen molar-refractivity contribution in [3.63, 3.8) is 0 Å². The third-order valence-corrected chi connectivity index (χ3v) is 5.46. The average Bonchev–Trinajstić information content (AvgIpc) is 2.71. The summed E-state index contributed by atoms with van der Waals surface area (Å²) < 4.78 is 0. The Hall–Kier alpha value is -1.06. The lowest BCUT2D eigenvalue weighted by molar-refractivity contribution is -0.137. The lowest BCUT2D eigenvalue weighted by Crippen LogP contribution is -1.93. The minimum absolute atomic E-state index is 0.335. The van der Waals surface area contributed by atoms with E-state index in [1.54, 1.807) is 0 Å². The fourth-order valence-corrected chi connectivity index (χ4v) is 3.56. The second-order valence-electron chi connectivity index (χ2n) is 8.42. The molecule has 0 rings (SSSR count). The van der Waals surface area contributed by atoms with E-state index in [4.69, 9.17) is 9.94 Å². The van der Waals surface area contributed by atoms with Crippen LogP contribution in [0.1, 0.15) is 142 Å². The highest BCUT2D eigenvalue weighted by Crippen LogP contribution is 2.13. The lowest BCUT2D eigenvalue weighted by Gasteiger charge is -2.03. The zero-order valence-electron chi connectivity index (χ0n) is 19.3. The van der Waals surface area contributed by atoms with Gasteiger partial charge < -0.3 is 9.94 Å². The molecule has 0 spiro atoms. The normalized spacial score (nSPS) is 11.3. The Morgan fingerprint density at radius 2 is 1.14 bits per heavy atom. The van der Waals surface area contributed by atoms with Gasteiger partial charge in [0.25, 0.3) is 0 Å². The van der Waals surface area contributed by atoms with Gasteiger partial charge in [-0.2, -0.15) is 0 Å². The van der Waals surface area contributed by atoms with Crippen LogP contribution in [0.3, 0.4) is 0 Å². The summed E-state index contributed by atoms with van der Waals surface area (Å²) >= 11 is 0. The van der Waals surface area contributed by atoms with E-state index in [1.807, 2.05) is 6.21 Å². The Morgan fingerprint density at radius 1 is 0.690 bits per heavy atom. The molecule has 0 atom stereocenters. The van der Waals surface area contributed by atoms with Crippen molar-refractivity contribution >= 4 is 12.2 Å². The molecule has 172 valence electrons. The molecule has 1 N–H and O–H groups in total. The van der Waals surface area contributed by atoms with E-state index in [-0.39, 0.29) is 0 Å². The van der Waals surface area contributed by atoms with Crippen molar-refractivity contribution in [1.29, 1.82) is 0 Å². The van der Waals surface area contributed by atoms with E-state index in [0.717, 1.165) is 32.3 Å². The highest BCUT2D eigenvalue weighted by Gasteiger charge is 1.97. The molecule has 0 radical (unpaired) electrons. The van der Waals surface area contributed by atoms with Gasteiger partial charge in [0.2, 0.25) is 0 Å². The molecule has 4 nitrogen and oxygen atoms in total. The second kappa shape index (κ2) is 25.0. The number of unbranched alkanes of at least 4 members (excludes halogenated alkanes) is 18. The maximum Gasteiger partial charge on any atom is 0.303 e. The van der Waals surface area contributed by atoms with Gasteiger partial charge in [0.15, 0.2) is 0 Å². The van der Waals surface area contributed by atoms with Gasteiger partial charge in [-0.25, -0.2) is 0 Å². The number of carbonyl (C=O) groups is 1. The van der Waals surface area contributed by atoms with Crippen molar-refractivity contribution in [3.8, 4) is 0 Å². The van der Waals surface area contributed by atoms with E-state index >= 15 is 0 Å². The van der Waals surface area contributed by atoms with Gasteiger partial charge in [0.05, 0.1) is 0 Å². The third-order valence-electron chi connectivity index (χ3n) is 5.46. The highest BCUT2D eigenvalue weighted by atomic mass is 16.6. The van der Waals surface area contributed by atoms with Gasteiger partial charge in [-0.1, -0.05) is 108 Å². The quantitative estimate of drug-likeness (QED) is 0.0987. The molecule has 0 saturated heterocycles. The Morgan fingerprint density at radius 3 is 1.66 bits per heavy atom. The van der Waals surface area contributed by atoms with Crippen LogP contribution in [0, 0.1) is 0 Å². The van der Waals surface area contributed by atoms with Crippen molar-refractivity contribution < 1.29 is 14.7 Å². The molecule has 0 heterocycles. The number of carboxylic acids is 1. The zero-order valence-corrected chi connectivity index (χ0v) is 19.3. The van der Waals surface area contributed by atoms with E-state index in [1.165, 1.54) is 103 Å². The Labute approximate surface area is 180 Å². The van der Waals surface area contributed by atoms with Crippen LogP contribution in [0.5, 0.6) is 0 Å². The minimum atomic E-state index is -0.660. The summed E-state index contributed by atoms with van der Waals surface area (Å²) in [7, 11) is 0. The van der Waals surface area contributed by atoms with Crippen molar-refractivity contribution in [2.75, 3.05) is 6.61 Å². The Bertz CT molecular complexity index is 358. The molecule has 0 fully saturated rings. The van der Waals surface area contributed by atoms with E-state index in [0.29, 0.717) is 6.42 Å². The molecule has 0 aromatic carbocycles. The SMILES string of the molecule is CCCCCCCON=CCCCCCCCCCCCCCCCCC(=O)O. The molecule has 4 heteroatoms. The number of hydrogen-bond donors (Lipinski definition) is 1. The number of nitrogens with zero attached hydrogens (tertiary/aromatic N) is 1. The zero-order chi connectivity index (χ0) is 21.3. The molecule has 29 heavy (non-hydrogen) atoms. The van der Waals surface area contributed by atoms with Gasteiger partial charge in [-0.15, -0.1) is 0 Å². The van der Waals surface area contributed by atoms with Crippen LogP contribution in [0.25, 0.3) is 0 Å². The van der Waals surface area contributed by atoms with Crippen LogP contribution in [0.2, 0.25) is 0 Å². The lowest BCUT2D eigenvalue weighted by atomic mass is 10.0. The summed E-state index contributed by atoms with van der Waals surface area (Å²) in [5.41, 5.74) is 0. The maximum atomic E-state index is 10.4. The molecule has 0 aliphatic carbocycles. The largest absolute Gasteiger partial charge is 0.481 e.